The maximum Gasteiger partial charge on any atom is 0.407 e. The van der Waals surface area contributed by atoms with Crippen LogP contribution in [-0.2, 0) is 9.53 Å². The lowest BCUT2D eigenvalue weighted by molar-refractivity contribution is -0.139. The molecule has 1 aliphatic rings. The molecule has 1 aliphatic carbocycles. The predicted octanol–water partition coefficient (Wildman–Crippen LogP) is 2.75. The van der Waals surface area contributed by atoms with Crippen molar-refractivity contribution in [3.8, 4) is 11.1 Å². The van der Waals surface area contributed by atoms with Gasteiger partial charge in [-0.3, -0.25) is 4.79 Å². The summed E-state index contributed by atoms with van der Waals surface area (Å²) in [5.41, 5.74) is 4.51. The molecule has 3 N–H and O–H groups in total. The summed E-state index contributed by atoms with van der Waals surface area (Å²) in [7, 11) is 0. The third kappa shape index (κ3) is 3.70. The maximum atomic E-state index is 12.0. The third-order valence-electron chi connectivity index (χ3n) is 4.65. The Balaban J connectivity index is 1.65. The lowest BCUT2D eigenvalue weighted by Gasteiger charge is -2.20. The standard InChI is InChI=1S/C20H21NO5/c1-12(18(22)10-19(23)24)21-20(25)26-11-17-15-8-4-2-6-13(15)14-7-3-5-9-16(14)17/h2-9,12,17-18,22H,10-11H2,1H3,(H,21,25)(H,23,24)/t12?,18-/m0/s1. The van der Waals surface area contributed by atoms with Gasteiger partial charge in [0.25, 0.3) is 0 Å². The van der Waals surface area contributed by atoms with E-state index in [0.717, 1.165) is 22.3 Å². The highest BCUT2D eigenvalue weighted by atomic mass is 16.5. The molecular weight excluding hydrogens is 334 g/mol. The highest BCUT2D eigenvalue weighted by molar-refractivity contribution is 5.79. The van der Waals surface area contributed by atoms with E-state index in [4.69, 9.17) is 9.84 Å². The molecule has 6 heteroatoms. The minimum absolute atomic E-state index is 0.0487. The Morgan fingerprint density at radius 3 is 2.15 bits per heavy atom. The topological polar surface area (TPSA) is 95.9 Å². The van der Waals surface area contributed by atoms with E-state index in [-0.39, 0.29) is 12.5 Å². The number of nitrogens with one attached hydrogen (secondary N) is 1. The van der Waals surface area contributed by atoms with Crippen molar-refractivity contribution < 1.29 is 24.5 Å². The zero-order valence-electron chi connectivity index (χ0n) is 14.4. The Morgan fingerprint density at radius 2 is 1.62 bits per heavy atom. The number of aliphatic hydroxyl groups excluding tert-OH is 1. The number of amides is 1. The molecule has 2 atom stereocenters. The number of aliphatic carboxylic acids is 1. The summed E-state index contributed by atoms with van der Waals surface area (Å²) in [6.45, 7) is 1.71. The van der Waals surface area contributed by atoms with E-state index in [2.05, 4.69) is 17.4 Å². The van der Waals surface area contributed by atoms with Crippen LogP contribution in [0, 0.1) is 0 Å². The Morgan fingerprint density at radius 1 is 1.08 bits per heavy atom. The fourth-order valence-corrected chi connectivity index (χ4v) is 3.28. The summed E-state index contributed by atoms with van der Waals surface area (Å²) in [5, 5.41) is 20.9. The largest absolute Gasteiger partial charge is 0.481 e. The van der Waals surface area contributed by atoms with Crippen molar-refractivity contribution in [3.63, 3.8) is 0 Å². The number of carbonyl (C=O) groups excluding carboxylic acids is 1. The van der Waals surface area contributed by atoms with E-state index in [1.54, 1.807) is 0 Å². The summed E-state index contributed by atoms with van der Waals surface area (Å²) < 4.78 is 5.36. The van der Waals surface area contributed by atoms with Gasteiger partial charge in [-0.2, -0.15) is 0 Å². The van der Waals surface area contributed by atoms with Gasteiger partial charge in [0, 0.05) is 5.92 Å². The maximum absolute atomic E-state index is 12.0. The normalized spacial score (nSPS) is 14.8. The molecule has 136 valence electrons. The van der Waals surface area contributed by atoms with E-state index in [9.17, 15) is 14.7 Å². The monoisotopic (exact) mass is 355 g/mol. The second kappa shape index (κ2) is 7.58. The van der Waals surface area contributed by atoms with E-state index in [0.29, 0.717) is 0 Å². The Kier molecular flexibility index (Phi) is 5.23. The summed E-state index contributed by atoms with van der Waals surface area (Å²) in [5.74, 6) is -1.17. The van der Waals surface area contributed by atoms with Crippen LogP contribution in [0.2, 0.25) is 0 Å². The average molecular weight is 355 g/mol. The number of ether oxygens (including phenoxy) is 1. The Labute approximate surface area is 151 Å². The van der Waals surface area contributed by atoms with Crippen LogP contribution in [0.4, 0.5) is 4.79 Å². The second-order valence-electron chi connectivity index (χ2n) is 6.42. The van der Waals surface area contributed by atoms with Crippen LogP contribution in [0.1, 0.15) is 30.4 Å². The quantitative estimate of drug-likeness (QED) is 0.740. The summed E-state index contributed by atoms with van der Waals surface area (Å²) in [6, 6.07) is 15.3. The molecule has 2 aromatic rings. The SMILES string of the molecule is CC(NC(=O)OCC1c2ccccc2-c2ccccc21)[C@@H](O)CC(=O)O. The molecule has 0 radical (unpaired) electrons. The van der Waals surface area contributed by atoms with Crippen LogP contribution in [0.5, 0.6) is 0 Å². The first-order valence-corrected chi connectivity index (χ1v) is 8.48. The molecular formula is C20H21NO5. The summed E-state index contributed by atoms with van der Waals surface area (Å²) in [4.78, 5) is 22.7. The van der Waals surface area contributed by atoms with Crippen molar-refractivity contribution in [1.82, 2.24) is 5.32 Å². The van der Waals surface area contributed by atoms with Crippen LogP contribution >= 0.6 is 0 Å². The van der Waals surface area contributed by atoms with Crippen LogP contribution in [-0.4, -0.2) is 41.0 Å². The van der Waals surface area contributed by atoms with Gasteiger partial charge in [0.05, 0.1) is 18.6 Å². The number of alkyl carbamates (subject to hydrolysis) is 1. The minimum Gasteiger partial charge on any atom is -0.481 e. The molecule has 6 nitrogen and oxygen atoms in total. The van der Waals surface area contributed by atoms with Gasteiger partial charge in [0.2, 0.25) is 0 Å². The van der Waals surface area contributed by atoms with Gasteiger partial charge in [0.15, 0.2) is 0 Å². The van der Waals surface area contributed by atoms with Gasteiger partial charge in [-0.05, 0) is 29.2 Å². The number of hydrogen-bond acceptors (Lipinski definition) is 4. The molecule has 26 heavy (non-hydrogen) atoms. The Bertz CT molecular complexity index is 774. The van der Waals surface area contributed by atoms with Crippen LogP contribution < -0.4 is 5.32 Å². The number of carboxylic acid groups (broad SMARTS) is 1. The smallest absolute Gasteiger partial charge is 0.407 e. The van der Waals surface area contributed by atoms with Crippen LogP contribution in [0.25, 0.3) is 11.1 Å². The molecule has 1 unspecified atom stereocenters. The van der Waals surface area contributed by atoms with E-state index < -0.39 is 30.6 Å². The summed E-state index contributed by atoms with van der Waals surface area (Å²) >= 11 is 0. The summed E-state index contributed by atoms with van der Waals surface area (Å²) in [6.07, 6.45) is -2.29. The number of aliphatic hydroxyl groups is 1. The van der Waals surface area contributed by atoms with Gasteiger partial charge in [-0.1, -0.05) is 48.5 Å². The lowest BCUT2D eigenvalue weighted by Crippen LogP contribution is -2.42. The van der Waals surface area contributed by atoms with Crippen molar-refractivity contribution in [2.24, 2.45) is 0 Å². The van der Waals surface area contributed by atoms with Crippen molar-refractivity contribution in [1.29, 1.82) is 0 Å². The first-order chi connectivity index (χ1) is 12.5. The van der Waals surface area contributed by atoms with Crippen molar-refractivity contribution in [2.75, 3.05) is 6.61 Å². The molecule has 0 aromatic heterocycles. The van der Waals surface area contributed by atoms with E-state index >= 15 is 0 Å². The van der Waals surface area contributed by atoms with Gasteiger partial charge >= 0.3 is 12.1 Å². The van der Waals surface area contributed by atoms with Crippen LogP contribution in [0.15, 0.2) is 48.5 Å². The lowest BCUT2D eigenvalue weighted by atomic mass is 9.98. The number of carbonyl (C=O) groups is 2. The van der Waals surface area contributed by atoms with Crippen molar-refractivity contribution in [2.45, 2.75) is 31.4 Å². The fraction of sp³-hybridized carbons (Fsp3) is 0.300. The molecule has 2 aromatic carbocycles. The first kappa shape index (κ1) is 17.9. The number of fused-ring (bicyclic) bond motifs is 3. The van der Waals surface area contributed by atoms with E-state index in [1.807, 2.05) is 36.4 Å². The zero-order chi connectivity index (χ0) is 18.7. The van der Waals surface area contributed by atoms with E-state index in [1.165, 1.54) is 6.92 Å². The highest BCUT2D eigenvalue weighted by Gasteiger charge is 2.29. The second-order valence-corrected chi connectivity index (χ2v) is 6.42. The molecule has 0 saturated heterocycles. The van der Waals surface area contributed by atoms with Gasteiger partial charge in [0.1, 0.15) is 6.61 Å². The molecule has 0 spiro atoms. The fourth-order valence-electron chi connectivity index (χ4n) is 3.28. The number of rotatable bonds is 6. The molecule has 0 aliphatic heterocycles. The average Bonchev–Trinajstić information content (AvgIpc) is 2.93. The molecule has 3 rings (SSSR count). The third-order valence-corrected chi connectivity index (χ3v) is 4.65. The van der Waals surface area contributed by atoms with Crippen molar-refractivity contribution in [3.05, 3.63) is 59.7 Å². The number of carboxylic acids is 1. The molecule has 0 saturated carbocycles. The molecule has 1 amide bonds. The van der Waals surface area contributed by atoms with Gasteiger partial charge < -0.3 is 20.3 Å². The first-order valence-electron chi connectivity index (χ1n) is 8.48. The van der Waals surface area contributed by atoms with Gasteiger partial charge in [-0.15, -0.1) is 0 Å². The highest BCUT2D eigenvalue weighted by Crippen LogP contribution is 2.44. The molecule has 0 fully saturated rings. The number of hydrogen-bond donors (Lipinski definition) is 3. The molecule has 0 heterocycles. The number of benzene rings is 2. The molecule has 0 bridgehead atoms. The predicted molar refractivity (Wildman–Crippen MR) is 95.9 cm³/mol. The zero-order valence-corrected chi connectivity index (χ0v) is 14.4. The van der Waals surface area contributed by atoms with Crippen LogP contribution in [0.3, 0.4) is 0 Å². The van der Waals surface area contributed by atoms with Crippen molar-refractivity contribution >= 4 is 12.1 Å². The minimum atomic E-state index is -1.17. The van der Waals surface area contributed by atoms with Gasteiger partial charge in [-0.25, -0.2) is 4.79 Å². The Hall–Kier alpha value is -2.86.